The summed E-state index contributed by atoms with van der Waals surface area (Å²) in [5.74, 6) is -0.282. The fourth-order valence-corrected chi connectivity index (χ4v) is 3.02. The van der Waals surface area contributed by atoms with Crippen molar-refractivity contribution >= 4 is 5.91 Å². The van der Waals surface area contributed by atoms with Gasteiger partial charge in [0, 0.05) is 24.8 Å². The Kier molecular flexibility index (Phi) is 4.28. The van der Waals surface area contributed by atoms with Crippen LogP contribution in [0.1, 0.15) is 47.8 Å². The van der Waals surface area contributed by atoms with Crippen LogP contribution in [0.2, 0.25) is 0 Å². The maximum atomic E-state index is 12.3. The Morgan fingerprint density at radius 1 is 1.50 bits per heavy atom. The first-order chi connectivity index (χ1) is 9.43. The Labute approximate surface area is 119 Å². The van der Waals surface area contributed by atoms with E-state index in [9.17, 15) is 9.59 Å². The zero-order valence-electron chi connectivity index (χ0n) is 12.4. The van der Waals surface area contributed by atoms with Gasteiger partial charge in [0.25, 0.3) is 11.5 Å². The summed E-state index contributed by atoms with van der Waals surface area (Å²) in [5.41, 5.74) is 7.78. The average Bonchev–Trinajstić information content (AvgIpc) is 2.79. The molecule has 0 aliphatic heterocycles. The van der Waals surface area contributed by atoms with Crippen molar-refractivity contribution in [2.24, 2.45) is 12.8 Å². The number of nitrogens with zero attached hydrogens (tertiary/aromatic N) is 1. The Balaban J connectivity index is 2.24. The molecule has 2 rings (SSSR count). The Morgan fingerprint density at radius 3 is 2.75 bits per heavy atom. The smallest absolute Gasteiger partial charge is 0.263 e. The highest BCUT2D eigenvalue weighted by Crippen LogP contribution is 2.17. The summed E-state index contributed by atoms with van der Waals surface area (Å²) in [6, 6.07) is 1.95. The largest absolute Gasteiger partial charge is 0.349 e. The zero-order chi connectivity index (χ0) is 14.9. The highest BCUT2D eigenvalue weighted by Gasteiger charge is 2.25. The first kappa shape index (κ1) is 14.8. The maximum Gasteiger partial charge on any atom is 0.263 e. The third-order valence-corrected chi connectivity index (χ3v) is 4.14. The molecule has 0 saturated heterocycles. The van der Waals surface area contributed by atoms with Gasteiger partial charge in [-0.3, -0.25) is 9.59 Å². The fourth-order valence-electron chi connectivity index (χ4n) is 3.02. The molecule has 0 aromatic carbocycles. The lowest BCUT2D eigenvalue weighted by atomic mass is 10.1. The molecule has 1 saturated carbocycles. The minimum absolute atomic E-state index is 0.0911. The number of hydrogen-bond acceptors (Lipinski definition) is 3. The molecule has 0 bridgehead atoms. The second-order valence-electron chi connectivity index (χ2n) is 5.65. The Hall–Kier alpha value is -1.62. The van der Waals surface area contributed by atoms with Gasteiger partial charge < -0.3 is 15.6 Å². The first-order valence-corrected chi connectivity index (χ1v) is 7.20. The minimum atomic E-state index is -0.282. The molecule has 1 aromatic rings. The van der Waals surface area contributed by atoms with E-state index in [2.05, 4.69) is 5.32 Å². The highest BCUT2D eigenvalue weighted by molar-refractivity contribution is 5.94. The third-order valence-electron chi connectivity index (χ3n) is 4.14. The summed E-state index contributed by atoms with van der Waals surface area (Å²) in [6.45, 7) is 3.93. The van der Waals surface area contributed by atoms with Crippen molar-refractivity contribution in [2.45, 2.75) is 51.6 Å². The number of nitrogens with one attached hydrogen (secondary N) is 1. The monoisotopic (exact) mass is 277 g/mol. The van der Waals surface area contributed by atoms with Crippen LogP contribution in [-0.4, -0.2) is 22.6 Å². The number of hydrogen-bond donors (Lipinski definition) is 2. The predicted octanol–water partition coefficient (Wildman–Crippen LogP) is 0.866. The molecule has 0 unspecified atom stereocenters. The molecule has 1 aliphatic rings. The Morgan fingerprint density at radius 2 is 2.20 bits per heavy atom. The van der Waals surface area contributed by atoms with Crippen LogP contribution in [-0.2, 0) is 13.5 Å². The van der Waals surface area contributed by atoms with Crippen molar-refractivity contribution in [1.29, 1.82) is 0 Å². The molecule has 0 spiro atoms. The van der Waals surface area contributed by atoms with Crippen LogP contribution < -0.4 is 16.6 Å². The molecule has 3 N–H and O–H groups in total. The lowest BCUT2D eigenvalue weighted by Crippen LogP contribution is -2.38. The van der Waals surface area contributed by atoms with Crippen LogP contribution in [0, 0.1) is 6.92 Å². The number of carbonyl (C=O) groups is 1. The second-order valence-corrected chi connectivity index (χ2v) is 5.65. The lowest BCUT2D eigenvalue weighted by Gasteiger charge is -2.15. The molecule has 1 fully saturated rings. The summed E-state index contributed by atoms with van der Waals surface area (Å²) < 4.78 is 1.57. The molecule has 20 heavy (non-hydrogen) atoms. The van der Waals surface area contributed by atoms with Gasteiger partial charge in [-0.15, -0.1) is 0 Å². The van der Waals surface area contributed by atoms with E-state index in [-0.39, 0.29) is 29.1 Å². The zero-order valence-corrected chi connectivity index (χ0v) is 12.4. The van der Waals surface area contributed by atoms with Gasteiger partial charge in [-0.2, -0.15) is 0 Å². The molecule has 1 aromatic heterocycles. The molecule has 2 atom stereocenters. The van der Waals surface area contributed by atoms with Gasteiger partial charge in [0.1, 0.15) is 5.56 Å². The molecule has 1 amide bonds. The van der Waals surface area contributed by atoms with E-state index in [4.69, 9.17) is 5.73 Å². The normalized spacial score (nSPS) is 22.0. The molecular formula is C15H23N3O2. The SMILES string of the molecule is CCc1c(C)cc(C(=O)N[C@@H]2CC[C@@H](N)C2)c(=O)n1C. The van der Waals surface area contributed by atoms with E-state index in [0.29, 0.717) is 0 Å². The minimum Gasteiger partial charge on any atom is -0.349 e. The molecule has 110 valence electrons. The molecule has 1 heterocycles. The van der Waals surface area contributed by atoms with E-state index in [1.165, 1.54) is 0 Å². The third kappa shape index (κ3) is 2.77. The van der Waals surface area contributed by atoms with Gasteiger partial charge in [-0.05, 0) is 44.2 Å². The molecule has 1 aliphatic carbocycles. The molecule has 5 nitrogen and oxygen atoms in total. The second kappa shape index (κ2) is 5.79. The van der Waals surface area contributed by atoms with Crippen LogP contribution in [0.5, 0.6) is 0 Å². The van der Waals surface area contributed by atoms with Crippen molar-refractivity contribution in [3.8, 4) is 0 Å². The Bertz CT molecular complexity index is 577. The van der Waals surface area contributed by atoms with Crippen LogP contribution in [0.3, 0.4) is 0 Å². The summed E-state index contributed by atoms with van der Waals surface area (Å²) in [5, 5.41) is 2.93. The summed E-state index contributed by atoms with van der Waals surface area (Å²) >= 11 is 0. The van der Waals surface area contributed by atoms with Gasteiger partial charge >= 0.3 is 0 Å². The van der Waals surface area contributed by atoms with Crippen LogP contribution >= 0.6 is 0 Å². The quantitative estimate of drug-likeness (QED) is 0.860. The van der Waals surface area contributed by atoms with E-state index < -0.39 is 0 Å². The summed E-state index contributed by atoms with van der Waals surface area (Å²) in [7, 11) is 1.72. The van der Waals surface area contributed by atoms with Gasteiger partial charge in [0.2, 0.25) is 0 Å². The molecule has 0 radical (unpaired) electrons. The summed E-state index contributed by atoms with van der Waals surface area (Å²) in [6.07, 6.45) is 3.38. The number of aromatic nitrogens is 1. The average molecular weight is 277 g/mol. The predicted molar refractivity (Wildman–Crippen MR) is 78.9 cm³/mol. The van der Waals surface area contributed by atoms with Gasteiger partial charge in [-0.25, -0.2) is 0 Å². The van der Waals surface area contributed by atoms with Crippen LogP contribution in [0.4, 0.5) is 0 Å². The summed E-state index contributed by atoms with van der Waals surface area (Å²) in [4.78, 5) is 24.5. The number of rotatable bonds is 3. The number of pyridine rings is 1. The van der Waals surface area contributed by atoms with Gasteiger partial charge in [0.15, 0.2) is 0 Å². The van der Waals surface area contributed by atoms with Gasteiger partial charge in [0.05, 0.1) is 0 Å². The van der Waals surface area contributed by atoms with Crippen molar-refractivity contribution < 1.29 is 4.79 Å². The first-order valence-electron chi connectivity index (χ1n) is 7.20. The van der Waals surface area contributed by atoms with Crippen molar-refractivity contribution in [2.75, 3.05) is 0 Å². The number of carbonyl (C=O) groups excluding carboxylic acids is 1. The van der Waals surface area contributed by atoms with Gasteiger partial charge in [-0.1, -0.05) is 6.92 Å². The van der Waals surface area contributed by atoms with Crippen molar-refractivity contribution in [3.05, 3.63) is 33.2 Å². The van der Waals surface area contributed by atoms with E-state index in [1.807, 2.05) is 13.8 Å². The highest BCUT2D eigenvalue weighted by atomic mass is 16.2. The maximum absolute atomic E-state index is 12.3. The van der Waals surface area contributed by atoms with E-state index in [0.717, 1.165) is 36.9 Å². The van der Waals surface area contributed by atoms with E-state index >= 15 is 0 Å². The van der Waals surface area contributed by atoms with Crippen molar-refractivity contribution in [3.63, 3.8) is 0 Å². The number of nitrogens with two attached hydrogens (primary N) is 1. The van der Waals surface area contributed by atoms with E-state index in [1.54, 1.807) is 17.7 Å². The van der Waals surface area contributed by atoms with Crippen molar-refractivity contribution in [1.82, 2.24) is 9.88 Å². The molecular weight excluding hydrogens is 254 g/mol. The fraction of sp³-hybridized carbons (Fsp3) is 0.600. The van der Waals surface area contributed by atoms with Crippen LogP contribution in [0.25, 0.3) is 0 Å². The molecule has 5 heteroatoms. The topological polar surface area (TPSA) is 77.1 Å². The number of aryl methyl sites for hydroxylation is 1. The number of amides is 1. The lowest BCUT2D eigenvalue weighted by molar-refractivity contribution is 0.0935. The standard InChI is InChI=1S/C15H23N3O2/c1-4-13-9(2)7-12(15(20)18(13)3)14(19)17-11-6-5-10(16)8-11/h7,10-11H,4-6,8,16H2,1-3H3,(H,17,19)/t10-,11-/m1/s1. The van der Waals surface area contributed by atoms with Crippen LogP contribution in [0.15, 0.2) is 10.9 Å².